The first-order chi connectivity index (χ1) is 8.06. The van der Waals surface area contributed by atoms with Gasteiger partial charge in [-0.05, 0) is 32.7 Å². The fraction of sp³-hybridized carbons (Fsp3) is 0.923. The summed E-state index contributed by atoms with van der Waals surface area (Å²) in [7, 11) is 1.62. The first-order valence-electron chi connectivity index (χ1n) is 6.55. The van der Waals surface area contributed by atoms with E-state index < -0.39 is 11.5 Å². The molecule has 1 saturated carbocycles. The zero-order chi connectivity index (χ0) is 12.9. The van der Waals surface area contributed by atoms with Crippen molar-refractivity contribution < 1.29 is 14.6 Å². The third kappa shape index (κ3) is 3.19. The zero-order valence-corrected chi connectivity index (χ0v) is 11.2. The van der Waals surface area contributed by atoms with Gasteiger partial charge < -0.3 is 9.84 Å². The molecule has 0 heterocycles. The van der Waals surface area contributed by atoms with Crippen LogP contribution in [0.5, 0.6) is 0 Å². The molecule has 0 aromatic heterocycles. The molecule has 1 N–H and O–H groups in total. The number of nitrogens with zero attached hydrogens (tertiary/aromatic N) is 1. The van der Waals surface area contributed by atoms with Crippen molar-refractivity contribution in [2.75, 3.05) is 20.3 Å². The summed E-state index contributed by atoms with van der Waals surface area (Å²) in [5.41, 5.74) is -0.792. The summed E-state index contributed by atoms with van der Waals surface area (Å²) in [4.78, 5) is 13.7. The van der Waals surface area contributed by atoms with Crippen LogP contribution in [-0.2, 0) is 9.53 Å². The van der Waals surface area contributed by atoms with Crippen LogP contribution in [0.3, 0.4) is 0 Å². The molecule has 1 rings (SSSR count). The number of carboxylic acids is 1. The van der Waals surface area contributed by atoms with Crippen LogP contribution in [0, 0.1) is 0 Å². The van der Waals surface area contributed by atoms with Gasteiger partial charge in [0.15, 0.2) is 0 Å². The minimum atomic E-state index is -0.792. The van der Waals surface area contributed by atoms with Gasteiger partial charge in [-0.2, -0.15) is 0 Å². The molecule has 0 amide bonds. The Morgan fingerprint density at radius 2 is 2.06 bits per heavy atom. The fourth-order valence-corrected chi connectivity index (χ4v) is 2.90. The molecule has 4 nitrogen and oxygen atoms in total. The molecular weight excluding hydrogens is 218 g/mol. The molecule has 0 aliphatic heterocycles. The standard InChI is InChI=1S/C13H25NO3/c1-4-14(11-7-5-6-8-11)13(2,12(15)16)9-10-17-3/h11H,4-10H2,1-3H3,(H,15,16). The minimum Gasteiger partial charge on any atom is -0.480 e. The first kappa shape index (κ1) is 14.5. The highest BCUT2D eigenvalue weighted by atomic mass is 16.5. The maximum absolute atomic E-state index is 11.6. The number of carboxylic acid groups (broad SMARTS) is 1. The molecule has 0 aromatic carbocycles. The smallest absolute Gasteiger partial charge is 0.323 e. The van der Waals surface area contributed by atoms with Gasteiger partial charge in [-0.3, -0.25) is 9.69 Å². The van der Waals surface area contributed by atoms with Crippen LogP contribution in [0.25, 0.3) is 0 Å². The van der Waals surface area contributed by atoms with Crippen molar-refractivity contribution >= 4 is 5.97 Å². The number of ether oxygens (including phenoxy) is 1. The molecule has 0 spiro atoms. The van der Waals surface area contributed by atoms with Crippen molar-refractivity contribution in [1.82, 2.24) is 4.90 Å². The molecule has 1 unspecified atom stereocenters. The van der Waals surface area contributed by atoms with Crippen LogP contribution >= 0.6 is 0 Å². The number of likely N-dealkylation sites (N-methyl/N-ethyl adjacent to an activating group) is 1. The number of rotatable bonds is 7. The van der Waals surface area contributed by atoms with E-state index in [1.807, 2.05) is 13.8 Å². The maximum atomic E-state index is 11.6. The van der Waals surface area contributed by atoms with Gasteiger partial charge in [-0.25, -0.2) is 0 Å². The van der Waals surface area contributed by atoms with E-state index >= 15 is 0 Å². The molecule has 1 fully saturated rings. The van der Waals surface area contributed by atoms with E-state index in [4.69, 9.17) is 4.74 Å². The number of methoxy groups -OCH3 is 1. The van der Waals surface area contributed by atoms with Crippen molar-refractivity contribution in [2.24, 2.45) is 0 Å². The minimum absolute atomic E-state index is 0.429. The summed E-state index contributed by atoms with van der Waals surface area (Å²) in [6, 6.07) is 0.429. The molecule has 0 bridgehead atoms. The Hall–Kier alpha value is -0.610. The lowest BCUT2D eigenvalue weighted by molar-refractivity contribution is -0.153. The van der Waals surface area contributed by atoms with E-state index in [0.29, 0.717) is 19.1 Å². The second-order valence-electron chi connectivity index (χ2n) is 5.05. The van der Waals surface area contributed by atoms with E-state index in [0.717, 1.165) is 19.4 Å². The summed E-state index contributed by atoms with van der Waals surface area (Å²) in [6.07, 6.45) is 5.25. The summed E-state index contributed by atoms with van der Waals surface area (Å²) < 4.78 is 5.05. The van der Waals surface area contributed by atoms with Gasteiger partial charge in [-0.15, -0.1) is 0 Å². The average Bonchev–Trinajstić information content (AvgIpc) is 2.80. The molecule has 1 atom stereocenters. The van der Waals surface area contributed by atoms with Gasteiger partial charge in [0.05, 0.1) is 0 Å². The third-order valence-corrected chi connectivity index (χ3v) is 3.99. The molecule has 1 aliphatic rings. The Morgan fingerprint density at radius 3 is 2.47 bits per heavy atom. The predicted molar refractivity (Wildman–Crippen MR) is 67.2 cm³/mol. The molecule has 0 saturated heterocycles. The van der Waals surface area contributed by atoms with E-state index in [9.17, 15) is 9.90 Å². The molecule has 0 radical (unpaired) electrons. The lowest BCUT2D eigenvalue weighted by atomic mass is 9.93. The highest BCUT2D eigenvalue weighted by molar-refractivity contribution is 5.78. The summed E-state index contributed by atoms with van der Waals surface area (Å²) in [5.74, 6) is -0.733. The van der Waals surface area contributed by atoms with E-state index in [1.165, 1.54) is 12.8 Å². The first-order valence-corrected chi connectivity index (χ1v) is 6.55. The number of hydrogen-bond donors (Lipinski definition) is 1. The SMILES string of the molecule is CCN(C1CCCC1)C(C)(CCOC)C(=O)O. The van der Waals surface area contributed by atoms with Crippen LogP contribution in [-0.4, -0.2) is 47.8 Å². The largest absolute Gasteiger partial charge is 0.480 e. The van der Waals surface area contributed by atoms with Gasteiger partial charge in [0.25, 0.3) is 0 Å². The Bertz CT molecular complexity index is 251. The number of carbonyl (C=O) groups is 1. The molecule has 100 valence electrons. The highest BCUT2D eigenvalue weighted by Gasteiger charge is 2.42. The van der Waals surface area contributed by atoms with Gasteiger partial charge >= 0.3 is 5.97 Å². The Labute approximate surface area is 104 Å². The summed E-state index contributed by atoms with van der Waals surface area (Å²) in [5, 5.41) is 9.52. The number of hydrogen-bond acceptors (Lipinski definition) is 3. The van der Waals surface area contributed by atoms with Gasteiger partial charge in [-0.1, -0.05) is 19.8 Å². The maximum Gasteiger partial charge on any atom is 0.323 e. The lowest BCUT2D eigenvalue weighted by Crippen LogP contribution is -2.56. The van der Waals surface area contributed by atoms with Crippen LogP contribution in [0.15, 0.2) is 0 Å². The van der Waals surface area contributed by atoms with Gasteiger partial charge in [0, 0.05) is 19.8 Å². The van der Waals surface area contributed by atoms with Crippen molar-refractivity contribution in [1.29, 1.82) is 0 Å². The topological polar surface area (TPSA) is 49.8 Å². The van der Waals surface area contributed by atoms with Crippen LogP contribution in [0.1, 0.15) is 46.0 Å². The Kier molecular flexibility index (Phi) is 5.40. The highest BCUT2D eigenvalue weighted by Crippen LogP contribution is 2.31. The second-order valence-corrected chi connectivity index (χ2v) is 5.05. The van der Waals surface area contributed by atoms with E-state index in [-0.39, 0.29) is 0 Å². The Morgan fingerprint density at radius 1 is 1.47 bits per heavy atom. The molecular formula is C13H25NO3. The Balaban J connectivity index is 2.80. The normalized spacial score (nSPS) is 20.7. The van der Waals surface area contributed by atoms with Crippen LogP contribution in [0.2, 0.25) is 0 Å². The van der Waals surface area contributed by atoms with Gasteiger partial charge in [0.2, 0.25) is 0 Å². The monoisotopic (exact) mass is 243 g/mol. The summed E-state index contributed by atoms with van der Waals surface area (Å²) >= 11 is 0. The zero-order valence-electron chi connectivity index (χ0n) is 11.2. The molecule has 1 aliphatic carbocycles. The fourth-order valence-electron chi connectivity index (χ4n) is 2.90. The quantitative estimate of drug-likeness (QED) is 0.744. The second kappa shape index (κ2) is 6.36. The third-order valence-electron chi connectivity index (χ3n) is 3.99. The molecule has 17 heavy (non-hydrogen) atoms. The van der Waals surface area contributed by atoms with E-state index in [2.05, 4.69) is 4.90 Å². The molecule has 4 heteroatoms. The molecule has 0 aromatic rings. The van der Waals surface area contributed by atoms with Crippen molar-refractivity contribution in [3.05, 3.63) is 0 Å². The lowest BCUT2D eigenvalue weighted by Gasteiger charge is -2.41. The predicted octanol–water partition coefficient (Wildman–Crippen LogP) is 2.13. The van der Waals surface area contributed by atoms with Crippen LogP contribution in [0.4, 0.5) is 0 Å². The average molecular weight is 243 g/mol. The van der Waals surface area contributed by atoms with E-state index in [1.54, 1.807) is 7.11 Å². The van der Waals surface area contributed by atoms with Crippen molar-refractivity contribution in [3.8, 4) is 0 Å². The van der Waals surface area contributed by atoms with Crippen molar-refractivity contribution in [3.63, 3.8) is 0 Å². The van der Waals surface area contributed by atoms with Crippen LogP contribution < -0.4 is 0 Å². The van der Waals surface area contributed by atoms with Crippen molar-refractivity contribution in [2.45, 2.75) is 57.5 Å². The summed E-state index contributed by atoms with van der Waals surface area (Å²) in [6.45, 7) is 5.16. The van der Waals surface area contributed by atoms with Gasteiger partial charge in [0.1, 0.15) is 5.54 Å². The number of aliphatic carboxylic acids is 1.